The van der Waals surface area contributed by atoms with E-state index in [-0.39, 0.29) is 5.91 Å². The van der Waals surface area contributed by atoms with Crippen molar-refractivity contribution < 1.29 is 4.79 Å². The van der Waals surface area contributed by atoms with E-state index in [2.05, 4.69) is 25.7 Å². The van der Waals surface area contributed by atoms with Crippen LogP contribution in [0, 0.1) is 18.8 Å². The Morgan fingerprint density at radius 2 is 1.90 bits per heavy atom. The number of aryl methyl sites for hydroxylation is 1. The molecule has 0 aromatic heterocycles. The highest BCUT2D eigenvalue weighted by molar-refractivity contribution is 5.96. The SMILES string of the molecule is CCCN(CCC)C(=O)c1cc(C#CCN)ccc1C. The highest BCUT2D eigenvalue weighted by atomic mass is 16.2. The van der Waals surface area contributed by atoms with Crippen molar-refractivity contribution >= 4 is 5.91 Å². The second kappa shape index (κ2) is 8.39. The van der Waals surface area contributed by atoms with E-state index in [9.17, 15) is 4.79 Å². The van der Waals surface area contributed by atoms with Crippen LogP contribution in [0.3, 0.4) is 0 Å². The predicted molar refractivity (Wildman–Crippen MR) is 83.6 cm³/mol. The van der Waals surface area contributed by atoms with Crippen molar-refractivity contribution in [2.75, 3.05) is 19.6 Å². The fourth-order valence-electron chi connectivity index (χ4n) is 2.11. The second-order valence-electron chi connectivity index (χ2n) is 4.83. The Labute approximate surface area is 122 Å². The number of hydrogen-bond donors (Lipinski definition) is 1. The molecule has 0 aliphatic heterocycles. The summed E-state index contributed by atoms with van der Waals surface area (Å²) in [6, 6.07) is 5.75. The standard InChI is InChI=1S/C17H24N2O/c1-4-11-19(12-5-2)17(20)16-13-15(7-6-10-18)9-8-14(16)3/h8-9,13H,4-5,10-12,18H2,1-3H3. The van der Waals surface area contributed by atoms with E-state index in [0.29, 0.717) is 6.54 Å². The molecule has 3 heteroatoms. The lowest BCUT2D eigenvalue weighted by molar-refractivity contribution is 0.0755. The molecular formula is C17H24N2O. The maximum Gasteiger partial charge on any atom is 0.254 e. The number of hydrogen-bond acceptors (Lipinski definition) is 2. The largest absolute Gasteiger partial charge is 0.339 e. The summed E-state index contributed by atoms with van der Waals surface area (Å²) >= 11 is 0. The number of nitrogens with zero attached hydrogens (tertiary/aromatic N) is 1. The van der Waals surface area contributed by atoms with E-state index in [1.165, 1.54) is 0 Å². The third kappa shape index (κ3) is 4.40. The van der Waals surface area contributed by atoms with E-state index < -0.39 is 0 Å². The van der Waals surface area contributed by atoms with Crippen molar-refractivity contribution in [1.29, 1.82) is 0 Å². The number of benzene rings is 1. The van der Waals surface area contributed by atoms with Crippen LogP contribution in [0.15, 0.2) is 18.2 Å². The van der Waals surface area contributed by atoms with Crippen LogP contribution in [0.1, 0.15) is 48.2 Å². The Kier molecular flexibility index (Phi) is 6.83. The van der Waals surface area contributed by atoms with E-state index >= 15 is 0 Å². The zero-order valence-corrected chi connectivity index (χ0v) is 12.7. The van der Waals surface area contributed by atoms with Crippen molar-refractivity contribution in [1.82, 2.24) is 4.90 Å². The fourth-order valence-corrected chi connectivity index (χ4v) is 2.11. The van der Waals surface area contributed by atoms with Crippen LogP contribution >= 0.6 is 0 Å². The molecule has 0 radical (unpaired) electrons. The highest BCUT2D eigenvalue weighted by Gasteiger charge is 2.16. The zero-order chi connectivity index (χ0) is 15.0. The topological polar surface area (TPSA) is 46.3 Å². The van der Waals surface area contributed by atoms with Gasteiger partial charge in [0.2, 0.25) is 0 Å². The van der Waals surface area contributed by atoms with E-state index in [1.54, 1.807) is 0 Å². The lowest BCUT2D eigenvalue weighted by atomic mass is 10.0. The molecule has 1 aromatic carbocycles. The first-order chi connectivity index (χ1) is 9.63. The second-order valence-corrected chi connectivity index (χ2v) is 4.83. The minimum atomic E-state index is 0.0996. The van der Waals surface area contributed by atoms with Gasteiger partial charge in [0.15, 0.2) is 0 Å². The maximum absolute atomic E-state index is 12.6. The Hall–Kier alpha value is -1.79. The molecule has 1 rings (SSSR count). The third-order valence-electron chi connectivity index (χ3n) is 3.08. The van der Waals surface area contributed by atoms with Crippen molar-refractivity contribution in [3.05, 3.63) is 34.9 Å². The zero-order valence-electron chi connectivity index (χ0n) is 12.7. The quantitative estimate of drug-likeness (QED) is 0.837. The molecule has 0 saturated carbocycles. The van der Waals surface area contributed by atoms with Crippen LogP contribution in [0.25, 0.3) is 0 Å². The van der Waals surface area contributed by atoms with Gasteiger partial charge in [0.05, 0.1) is 6.54 Å². The normalized spacial score (nSPS) is 9.80. The molecule has 0 heterocycles. The van der Waals surface area contributed by atoms with E-state index in [1.807, 2.05) is 30.0 Å². The molecule has 0 aliphatic rings. The minimum absolute atomic E-state index is 0.0996. The van der Waals surface area contributed by atoms with Crippen molar-refractivity contribution in [3.63, 3.8) is 0 Å². The van der Waals surface area contributed by atoms with E-state index in [0.717, 1.165) is 42.6 Å². The first-order valence-corrected chi connectivity index (χ1v) is 7.22. The van der Waals surface area contributed by atoms with Crippen LogP contribution in [0.5, 0.6) is 0 Å². The number of carbonyl (C=O) groups excluding carboxylic acids is 1. The third-order valence-corrected chi connectivity index (χ3v) is 3.08. The average molecular weight is 272 g/mol. The lowest BCUT2D eigenvalue weighted by Gasteiger charge is -2.22. The van der Waals surface area contributed by atoms with Gasteiger partial charge in [-0.05, 0) is 37.5 Å². The summed E-state index contributed by atoms with van der Waals surface area (Å²) in [5.41, 5.74) is 7.96. The Balaban J connectivity index is 3.06. The number of amides is 1. The number of carbonyl (C=O) groups is 1. The first-order valence-electron chi connectivity index (χ1n) is 7.22. The number of rotatable bonds is 5. The Morgan fingerprint density at radius 1 is 1.25 bits per heavy atom. The molecule has 0 atom stereocenters. The first kappa shape index (κ1) is 16.3. The predicted octanol–water partition coefficient (Wildman–Crippen LogP) is 2.57. The van der Waals surface area contributed by atoms with Gasteiger partial charge in [-0.25, -0.2) is 0 Å². The van der Waals surface area contributed by atoms with Gasteiger partial charge in [-0.2, -0.15) is 0 Å². The Bertz CT molecular complexity index is 505. The van der Waals surface area contributed by atoms with Crippen LogP contribution in [-0.2, 0) is 0 Å². The molecule has 0 spiro atoms. The van der Waals surface area contributed by atoms with Gasteiger partial charge in [0.1, 0.15) is 0 Å². The molecule has 3 nitrogen and oxygen atoms in total. The summed E-state index contributed by atoms with van der Waals surface area (Å²) in [6.07, 6.45) is 1.94. The smallest absolute Gasteiger partial charge is 0.254 e. The summed E-state index contributed by atoms with van der Waals surface area (Å²) in [7, 11) is 0. The van der Waals surface area contributed by atoms with Gasteiger partial charge >= 0.3 is 0 Å². The Morgan fingerprint density at radius 3 is 2.45 bits per heavy atom. The van der Waals surface area contributed by atoms with Crippen molar-refractivity contribution in [3.8, 4) is 11.8 Å². The van der Waals surface area contributed by atoms with Crippen LogP contribution < -0.4 is 5.73 Å². The summed E-state index contributed by atoms with van der Waals surface area (Å²) in [5.74, 6) is 5.91. The molecule has 0 unspecified atom stereocenters. The number of nitrogens with two attached hydrogens (primary N) is 1. The summed E-state index contributed by atoms with van der Waals surface area (Å²) < 4.78 is 0. The molecule has 108 valence electrons. The van der Waals surface area contributed by atoms with Gasteiger partial charge in [-0.3, -0.25) is 4.79 Å². The molecule has 0 saturated heterocycles. The van der Waals surface area contributed by atoms with Gasteiger partial charge in [-0.1, -0.05) is 31.8 Å². The van der Waals surface area contributed by atoms with Crippen LogP contribution in [0.2, 0.25) is 0 Å². The summed E-state index contributed by atoms with van der Waals surface area (Å²) in [6.45, 7) is 8.06. The van der Waals surface area contributed by atoms with Crippen molar-refractivity contribution in [2.45, 2.75) is 33.6 Å². The lowest BCUT2D eigenvalue weighted by Crippen LogP contribution is -2.33. The summed E-state index contributed by atoms with van der Waals surface area (Å²) in [4.78, 5) is 14.5. The van der Waals surface area contributed by atoms with Gasteiger partial charge in [-0.15, -0.1) is 0 Å². The monoisotopic (exact) mass is 272 g/mol. The molecule has 2 N–H and O–H groups in total. The molecule has 0 bridgehead atoms. The average Bonchev–Trinajstić information content (AvgIpc) is 2.45. The van der Waals surface area contributed by atoms with Gasteiger partial charge in [0, 0.05) is 24.2 Å². The summed E-state index contributed by atoms with van der Waals surface area (Å²) in [5, 5.41) is 0. The van der Waals surface area contributed by atoms with Crippen LogP contribution in [-0.4, -0.2) is 30.4 Å². The minimum Gasteiger partial charge on any atom is -0.339 e. The highest BCUT2D eigenvalue weighted by Crippen LogP contribution is 2.14. The molecular weight excluding hydrogens is 248 g/mol. The van der Waals surface area contributed by atoms with Crippen LogP contribution in [0.4, 0.5) is 0 Å². The molecule has 0 fully saturated rings. The van der Waals surface area contributed by atoms with Crippen molar-refractivity contribution in [2.24, 2.45) is 5.73 Å². The fraction of sp³-hybridized carbons (Fsp3) is 0.471. The van der Waals surface area contributed by atoms with Gasteiger partial charge < -0.3 is 10.6 Å². The van der Waals surface area contributed by atoms with Gasteiger partial charge in [0.25, 0.3) is 5.91 Å². The molecule has 1 aromatic rings. The molecule has 20 heavy (non-hydrogen) atoms. The maximum atomic E-state index is 12.6. The van der Waals surface area contributed by atoms with E-state index in [4.69, 9.17) is 5.73 Å². The molecule has 1 amide bonds. The molecule has 0 aliphatic carbocycles.